The molecule has 1 atom stereocenters. The van der Waals surface area contributed by atoms with Crippen LogP contribution in [0.2, 0.25) is 0 Å². The van der Waals surface area contributed by atoms with Crippen LogP contribution in [0.25, 0.3) is 6.08 Å². The van der Waals surface area contributed by atoms with E-state index in [0.29, 0.717) is 5.56 Å². The number of hydrogen-bond donors (Lipinski definition) is 2. The van der Waals surface area contributed by atoms with Crippen molar-refractivity contribution >= 4 is 17.9 Å². The Morgan fingerprint density at radius 3 is 2.92 bits per heavy atom. The molecular formula is C20H22FN3O2. The van der Waals surface area contributed by atoms with Crippen LogP contribution in [-0.2, 0) is 11.2 Å². The number of carbonyl (C=O) groups is 1. The minimum absolute atomic E-state index is 0.160. The number of likely N-dealkylation sites (tertiary alicyclic amines) is 1. The quantitative estimate of drug-likeness (QED) is 0.748. The van der Waals surface area contributed by atoms with Crippen LogP contribution in [0.5, 0.6) is 0 Å². The Hall–Kier alpha value is -2.73. The Kier molecular flexibility index (Phi) is 5.96. The van der Waals surface area contributed by atoms with E-state index in [1.54, 1.807) is 0 Å². The van der Waals surface area contributed by atoms with Crippen molar-refractivity contribution < 1.29 is 14.3 Å². The summed E-state index contributed by atoms with van der Waals surface area (Å²) in [5.41, 5.74) is 1.74. The molecule has 1 saturated heterocycles. The second kappa shape index (κ2) is 8.58. The summed E-state index contributed by atoms with van der Waals surface area (Å²) in [7, 11) is 0. The summed E-state index contributed by atoms with van der Waals surface area (Å²) in [6.45, 7) is 2.82. The maximum atomic E-state index is 14.2. The molecule has 1 fully saturated rings. The molecule has 0 spiro atoms. The number of halogens is 1. The third kappa shape index (κ3) is 5.13. The molecule has 0 bridgehead atoms. The smallest absolute Gasteiger partial charge is 0.328 e. The second-order valence-corrected chi connectivity index (χ2v) is 6.44. The monoisotopic (exact) mass is 355 g/mol. The summed E-state index contributed by atoms with van der Waals surface area (Å²) in [6, 6.07) is 11.8. The Balaban J connectivity index is 1.51. The van der Waals surface area contributed by atoms with Gasteiger partial charge in [-0.15, -0.1) is 0 Å². The highest BCUT2D eigenvalue weighted by Gasteiger charge is 2.23. The van der Waals surface area contributed by atoms with Crippen LogP contribution in [0.1, 0.15) is 17.5 Å². The standard InChI is InChI=1S/C20H22FN3O2/c21-18-12-16(6-7-19(25)26)13-22-20(18)23-17-9-11-24(14-17)10-8-15-4-2-1-3-5-15/h1-7,12-13,17H,8-11,14H2,(H,22,23)(H,25,26)/b7-6+/t17-/m1/s1. The first-order chi connectivity index (χ1) is 12.6. The molecular weight excluding hydrogens is 333 g/mol. The minimum atomic E-state index is -1.07. The van der Waals surface area contributed by atoms with Crippen molar-refractivity contribution in [2.24, 2.45) is 0 Å². The summed E-state index contributed by atoms with van der Waals surface area (Å²) < 4.78 is 14.2. The van der Waals surface area contributed by atoms with E-state index in [9.17, 15) is 9.18 Å². The molecule has 0 saturated carbocycles. The summed E-state index contributed by atoms with van der Waals surface area (Å²) in [6.07, 6.45) is 5.70. The highest BCUT2D eigenvalue weighted by atomic mass is 19.1. The summed E-state index contributed by atoms with van der Waals surface area (Å²) in [4.78, 5) is 17.0. The summed E-state index contributed by atoms with van der Waals surface area (Å²) in [5.74, 6) is -1.33. The lowest BCUT2D eigenvalue weighted by atomic mass is 10.1. The number of benzene rings is 1. The molecule has 5 nitrogen and oxygen atoms in total. The molecule has 2 heterocycles. The van der Waals surface area contributed by atoms with E-state index in [0.717, 1.165) is 38.6 Å². The molecule has 26 heavy (non-hydrogen) atoms. The normalized spacial score (nSPS) is 17.7. The van der Waals surface area contributed by atoms with Crippen LogP contribution in [0.4, 0.5) is 10.2 Å². The lowest BCUT2D eigenvalue weighted by Crippen LogP contribution is -2.28. The largest absolute Gasteiger partial charge is 0.478 e. The van der Waals surface area contributed by atoms with Crippen LogP contribution >= 0.6 is 0 Å². The highest BCUT2D eigenvalue weighted by molar-refractivity contribution is 5.85. The first-order valence-electron chi connectivity index (χ1n) is 8.69. The van der Waals surface area contributed by atoms with E-state index >= 15 is 0 Å². The molecule has 0 unspecified atom stereocenters. The average Bonchev–Trinajstić information content (AvgIpc) is 3.09. The molecule has 1 aliphatic rings. The third-order valence-electron chi connectivity index (χ3n) is 4.45. The maximum absolute atomic E-state index is 14.2. The van der Waals surface area contributed by atoms with Crippen molar-refractivity contribution in [2.75, 3.05) is 25.0 Å². The number of nitrogens with one attached hydrogen (secondary N) is 1. The van der Waals surface area contributed by atoms with E-state index in [4.69, 9.17) is 5.11 Å². The zero-order valence-electron chi connectivity index (χ0n) is 14.4. The topological polar surface area (TPSA) is 65.5 Å². The molecule has 0 aliphatic carbocycles. The van der Waals surface area contributed by atoms with Crippen molar-refractivity contribution in [2.45, 2.75) is 18.9 Å². The molecule has 6 heteroatoms. The number of carboxylic acids is 1. The lowest BCUT2D eigenvalue weighted by molar-refractivity contribution is -0.131. The van der Waals surface area contributed by atoms with E-state index in [2.05, 4.69) is 27.3 Å². The highest BCUT2D eigenvalue weighted by Crippen LogP contribution is 2.18. The number of aromatic nitrogens is 1. The van der Waals surface area contributed by atoms with Gasteiger partial charge in [0.25, 0.3) is 0 Å². The van der Waals surface area contributed by atoms with Gasteiger partial charge in [-0.3, -0.25) is 0 Å². The minimum Gasteiger partial charge on any atom is -0.478 e. The number of pyridine rings is 1. The van der Waals surface area contributed by atoms with Gasteiger partial charge in [-0.05, 0) is 36.1 Å². The number of nitrogens with zero attached hydrogens (tertiary/aromatic N) is 2. The lowest BCUT2D eigenvalue weighted by Gasteiger charge is -2.17. The molecule has 1 aromatic heterocycles. The van der Waals surface area contributed by atoms with Gasteiger partial charge in [0.15, 0.2) is 11.6 Å². The predicted molar refractivity (Wildman–Crippen MR) is 99.5 cm³/mol. The van der Waals surface area contributed by atoms with Gasteiger partial charge in [-0.25, -0.2) is 14.2 Å². The van der Waals surface area contributed by atoms with Gasteiger partial charge in [0.1, 0.15) is 0 Å². The van der Waals surface area contributed by atoms with Gasteiger partial charge in [-0.2, -0.15) is 0 Å². The van der Waals surface area contributed by atoms with E-state index < -0.39 is 11.8 Å². The van der Waals surface area contributed by atoms with E-state index in [1.165, 1.54) is 23.9 Å². The Labute approximate surface area is 152 Å². The van der Waals surface area contributed by atoms with Crippen LogP contribution in [0.15, 0.2) is 48.7 Å². The van der Waals surface area contributed by atoms with Crippen LogP contribution in [0, 0.1) is 5.82 Å². The first kappa shape index (κ1) is 18.1. The van der Waals surface area contributed by atoms with Crippen molar-refractivity contribution in [1.82, 2.24) is 9.88 Å². The van der Waals surface area contributed by atoms with Gasteiger partial charge in [0.05, 0.1) is 0 Å². The second-order valence-electron chi connectivity index (χ2n) is 6.44. The van der Waals surface area contributed by atoms with Crippen molar-refractivity contribution in [3.05, 3.63) is 65.6 Å². The van der Waals surface area contributed by atoms with Crippen molar-refractivity contribution in [3.63, 3.8) is 0 Å². The molecule has 1 aromatic carbocycles. The fourth-order valence-electron chi connectivity index (χ4n) is 3.10. The Morgan fingerprint density at radius 1 is 1.38 bits per heavy atom. The van der Waals surface area contributed by atoms with Gasteiger partial charge in [-0.1, -0.05) is 30.3 Å². The van der Waals surface area contributed by atoms with Crippen molar-refractivity contribution in [1.29, 1.82) is 0 Å². The van der Waals surface area contributed by atoms with Crippen LogP contribution in [-0.4, -0.2) is 46.6 Å². The maximum Gasteiger partial charge on any atom is 0.328 e. The van der Waals surface area contributed by atoms with E-state index in [1.807, 2.05) is 18.2 Å². The molecule has 1 aliphatic heterocycles. The van der Waals surface area contributed by atoms with Crippen LogP contribution < -0.4 is 5.32 Å². The Bertz CT molecular complexity index is 780. The molecule has 2 N–H and O–H groups in total. The molecule has 2 aromatic rings. The number of aliphatic carboxylic acids is 1. The SMILES string of the molecule is O=C(O)/C=C/c1cnc(N[C@@H]2CCN(CCc3ccccc3)C2)c(F)c1. The number of carboxylic acid groups (broad SMARTS) is 1. The number of hydrogen-bond acceptors (Lipinski definition) is 4. The van der Waals surface area contributed by atoms with Gasteiger partial charge in [0.2, 0.25) is 0 Å². The molecule has 136 valence electrons. The predicted octanol–water partition coefficient (Wildman–Crippen LogP) is 3.05. The van der Waals surface area contributed by atoms with Gasteiger partial charge >= 0.3 is 5.97 Å². The summed E-state index contributed by atoms with van der Waals surface area (Å²) in [5, 5.41) is 11.8. The fourth-order valence-corrected chi connectivity index (χ4v) is 3.10. The fraction of sp³-hybridized carbons (Fsp3) is 0.300. The zero-order valence-corrected chi connectivity index (χ0v) is 14.4. The zero-order chi connectivity index (χ0) is 18.4. The van der Waals surface area contributed by atoms with Crippen LogP contribution in [0.3, 0.4) is 0 Å². The molecule has 0 amide bonds. The third-order valence-corrected chi connectivity index (χ3v) is 4.45. The molecule has 0 radical (unpaired) electrons. The van der Waals surface area contributed by atoms with Gasteiger partial charge in [0, 0.05) is 37.9 Å². The Morgan fingerprint density at radius 2 is 2.19 bits per heavy atom. The first-order valence-corrected chi connectivity index (χ1v) is 8.69. The average molecular weight is 355 g/mol. The molecule has 3 rings (SSSR count). The van der Waals surface area contributed by atoms with E-state index in [-0.39, 0.29) is 11.9 Å². The summed E-state index contributed by atoms with van der Waals surface area (Å²) >= 11 is 0. The number of anilines is 1. The van der Waals surface area contributed by atoms with Crippen molar-refractivity contribution in [3.8, 4) is 0 Å². The van der Waals surface area contributed by atoms with Gasteiger partial charge < -0.3 is 15.3 Å². The number of rotatable bonds is 7.